The number of nitrogens with zero attached hydrogens (tertiary/aromatic N) is 4. The number of hydrogen-bond acceptors (Lipinski definition) is 6. The van der Waals surface area contributed by atoms with Crippen LogP contribution in [0.3, 0.4) is 0 Å². The molecule has 1 aliphatic heterocycles. The molecule has 2 aromatic carbocycles. The van der Waals surface area contributed by atoms with E-state index in [-0.39, 0.29) is 10.6 Å². The van der Waals surface area contributed by atoms with Crippen LogP contribution in [0.25, 0.3) is 10.9 Å². The number of nitro benzene ring substituents is 1. The van der Waals surface area contributed by atoms with Crippen LogP contribution in [0.4, 0.5) is 5.69 Å². The van der Waals surface area contributed by atoms with Crippen LogP contribution >= 0.6 is 0 Å². The van der Waals surface area contributed by atoms with E-state index < -0.39 is 14.9 Å². The van der Waals surface area contributed by atoms with Crippen LogP contribution in [0, 0.1) is 17.0 Å². The summed E-state index contributed by atoms with van der Waals surface area (Å²) in [6.07, 6.45) is 1.61. The third-order valence-corrected chi connectivity index (χ3v) is 7.30. The molecule has 158 valence electrons. The second kappa shape index (κ2) is 7.82. The molecule has 8 nitrogen and oxygen atoms in total. The van der Waals surface area contributed by atoms with Crippen molar-refractivity contribution < 1.29 is 13.3 Å². The molecule has 0 unspecified atom stereocenters. The van der Waals surface area contributed by atoms with Crippen LogP contribution in [-0.2, 0) is 16.6 Å². The Balaban J connectivity index is 1.82. The van der Waals surface area contributed by atoms with Crippen molar-refractivity contribution in [3.8, 4) is 0 Å². The first kappa shape index (κ1) is 20.5. The molecule has 30 heavy (non-hydrogen) atoms. The Hall–Kier alpha value is -2.75. The van der Waals surface area contributed by atoms with Gasteiger partial charge in [-0.3, -0.25) is 15.0 Å². The van der Waals surface area contributed by atoms with E-state index in [0.29, 0.717) is 17.4 Å². The van der Waals surface area contributed by atoms with E-state index in [0.717, 1.165) is 37.3 Å². The maximum atomic E-state index is 13.3. The number of benzene rings is 2. The van der Waals surface area contributed by atoms with Crippen LogP contribution in [0.5, 0.6) is 0 Å². The lowest BCUT2D eigenvalue weighted by Gasteiger charge is -2.32. The number of likely N-dealkylation sites (N-methyl/N-ethyl adjacent to an activating group) is 1. The molecule has 0 radical (unpaired) electrons. The van der Waals surface area contributed by atoms with Crippen molar-refractivity contribution in [2.24, 2.45) is 0 Å². The molecule has 0 saturated carbocycles. The van der Waals surface area contributed by atoms with Crippen LogP contribution in [0.1, 0.15) is 11.1 Å². The minimum atomic E-state index is -3.82. The quantitative estimate of drug-likeness (QED) is 0.459. The molecule has 3 aromatic rings. The van der Waals surface area contributed by atoms with Crippen LogP contribution in [-0.4, -0.2) is 60.3 Å². The van der Waals surface area contributed by atoms with E-state index in [1.807, 2.05) is 6.92 Å². The maximum absolute atomic E-state index is 13.3. The fourth-order valence-corrected chi connectivity index (χ4v) is 5.15. The smallest absolute Gasteiger partial charge is 0.270 e. The Morgan fingerprint density at radius 3 is 2.33 bits per heavy atom. The first-order valence-electron chi connectivity index (χ1n) is 9.77. The lowest BCUT2D eigenvalue weighted by atomic mass is 10.1. The molecular weight excluding hydrogens is 404 g/mol. The molecule has 0 N–H and O–H groups in total. The fraction of sp³-hybridized carbons (Fsp3) is 0.333. The van der Waals surface area contributed by atoms with Gasteiger partial charge in [-0.2, -0.15) is 0 Å². The van der Waals surface area contributed by atoms with Gasteiger partial charge in [-0.05, 0) is 37.7 Å². The molecule has 1 aliphatic rings. The van der Waals surface area contributed by atoms with Crippen LogP contribution < -0.4 is 0 Å². The minimum Gasteiger partial charge on any atom is -0.304 e. The van der Waals surface area contributed by atoms with E-state index >= 15 is 0 Å². The molecule has 9 heteroatoms. The Morgan fingerprint density at radius 2 is 1.70 bits per heavy atom. The second-order valence-electron chi connectivity index (χ2n) is 7.81. The van der Waals surface area contributed by atoms with Crippen molar-refractivity contribution in [2.75, 3.05) is 33.2 Å². The highest BCUT2D eigenvalue weighted by Crippen LogP contribution is 2.30. The molecule has 1 fully saturated rings. The molecule has 2 heterocycles. The molecule has 4 rings (SSSR count). The standard InChI is InChI=1S/C21H24N4O4S/c1-16-3-6-19(7-4-16)30(28,29)24-15-17(14-23-11-9-22(2)10-12-23)20-13-18(25(26)27)5-8-21(20)24/h3-8,13,15H,9-12,14H2,1-2H3. The van der Waals surface area contributed by atoms with E-state index in [2.05, 4.69) is 16.8 Å². The van der Waals surface area contributed by atoms with Crippen molar-refractivity contribution in [3.63, 3.8) is 0 Å². The average molecular weight is 429 g/mol. The number of nitro groups is 1. The van der Waals surface area contributed by atoms with Gasteiger partial charge in [-0.15, -0.1) is 0 Å². The topological polar surface area (TPSA) is 88.7 Å². The highest BCUT2D eigenvalue weighted by Gasteiger charge is 2.24. The van der Waals surface area contributed by atoms with E-state index in [1.54, 1.807) is 30.5 Å². The van der Waals surface area contributed by atoms with Gasteiger partial charge in [0.15, 0.2) is 0 Å². The SMILES string of the molecule is Cc1ccc(S(=O)(=O)n2cc(CN3CCN(C)CC3)c3cc([N+](=O)[O-])ccc32)cc1. The van der Waals surface area contributed by atoms with Gasteiger partial charge in [0.25, 0.3) is 15.7 Å². The van der Waals surface area contributed by atoms with E-state index in [9.17, 15) is 18.5 Å². The van der Waals surface area contributed by atoms with Gasteiger partial charge in [0.1, 0.15) is 0 Å². The number of hydrogen-bond donors (Lipinski definition) is 0. The molecule has 0 spiro atoms. The normalized spacial score (nSPS) is 16.2. The summed E-state index contributed by atoms with van der Waals surface area (Å²) in [6, 6.07) is 11.0. The average Bonchev–Trinajstić information content (AvgIpc) is 3.08. The first-order valence-corrected chi connectivity index (χ1v) is 11.2. The third-order valence-electron chi connectivity index (χ3n) is 5.62. The van der Waals surface area contributed by atoms with E-state index in [4.69, 9.17) is 0 Å². The van der Waals surface area contributed by atoms with Crippen LogP contribution in [0.2, 0.25) is 0 Å². The van der Waals surface area contributed by atoms with Crippen molar-refractivity contribution in [3.05, 3.63) is 69.9 Å². The summed E-state index contributed by atoms with van der Waals surface area (Å²) in [5.74, 6) is 0. The number of aryl methyl sites for hydroxylation is 1. The number of fused-ring (bicyclic) bond motifs is 1. The highest BCUT2D eigenvalue weighted by molar-refractivity contribution is 7.90. The summed E-state index contributed by atoms with van der Waals surface area (Å²) in [5.41, 5.74) is 2.14. The van der Waals surface area contributed by atoms with Gasteiger partial charge in [0, 0.05) is 56.4 Å². The second-order valence-corrected chi connectivity index (χ2v) is 9.62. The fourth-order valence-electron chi connectivity index (χ4n) is 3.76. The summed E-state index contributed by atoms with van der Waals surface area (Å²) in [7, 11) is -1.75. The van der Waals surface area contributed by atoms with Crippen molar-refractivity contribution in [1.82, 2.24) is 13.8 Å². The zero-order valence-corrected chi connectivity index (χ0v) is 17.8. The summed E-state index contributed by atoms with van der Waals surface area (Å²) in [4.78, 5) is 15.5. The number of non-ortho nitro benzene ring substituents is 1. The monoisotopic (exact) mass is 428 g/mol. The van der Waals surface area contributed by atoms with Crippen LogP contribution in [0.15, 0.2) is 53.6 Å². The zero-order chi connectivity index (χ0) is 21.5. The summed E-state index contributed by atoms with van der Waals surface area (Å²) in [5, 5.41) is 11.9. The highest BCUT2D eigenvalue weighted by atomic mass is 32.2. The summed E-state index contributed by atoms with van der Waals surface area (Å²) in [6.45, 7) is 6.03. The Kier molecular flexibility index (Phi) is 5.35. The summed E-state index contributed by atoms with van der Waals surface area (Å²) < 4.78 is 27.9. The van der Waals surface area contributed by atoms with Gasteiger partial charge >= 0.3 is 0 Å². The molecule has 1 aromatic heterocycles. The van der Waals surface area contributed by atoms with Crippen molar-refractivity contribution in [1.29, 1.82) is 0 Å². The Morgan fingerprint density at radius 1 is 1.03 bits per heavy atom. The largest absolute Gasteiger partial charge is 0.304 e. The lowest BCUT2D eigenvalue weighted by Crippen LogP contribution is -2.43. The van der Waals surface area contributed by atoms with Gasteiger partial charge in [0.05, 0.1) is 15.3 Å². The minimum absolute atomic E-state index is 0.0485. The van der Waals surface area contributed by atoms with Crippen molar-refractivity contribution >= 4 is 26.6 Å². The summed E-state index contributed by atoms with van der Waals surface area (Å²) >= 11 is 0. The number of rotatable bonds is 5. The molecule has 0 atom stereocenters. The molecule has 0 amide bonds. The predicted molar refractivity (Wildman–Crippen MR) is 115 cm³/mol. The van der Waals surface area contributed by atoms with Gasteiger partial charge < -0.3 is 4.90 Å². The van der Waals surface area contributed by atoms with Gasteiger partial charge in [0.2, 0.25) is 0 Å². The Bertz CT molecular complexity index is 1190. The third kappa shape index (κ3) is 3.83. The molecule has 1 saturated heterocycles. The Labute approximate surface area is 175 Å². The number of piperazine rings is 1. The number of aromatic nitrogens is 1. The molecular formula is C21H24N4O4S. The molecule has 0 bridgehead atoms. The maximum Gasteiger partial charge on any atom is 0.270 e. The first-order chi connectivity index (χ1) is 14.3. The lowest BCUT2D eigenvalue weighted by molar-refractivity contribution is -0.384. The van der Waals surface area contributed by atoms with Gasteiger partial charge in [-0.1, -0.05) is 17.7 Å². The van der Waals surface area contributed by atoms with Gasteiger partial charge in [-0.25, -0.2) is 12.4 Å². The predicted octanol–water partition coefficient (Wildman–Crippen LogP) is 2.84. The van der Waals surface area contributed by atoms with E-state index in [1.165, 1.54) is 22.2 Å². The zero-order valence-electron chi connectivity index (χ0n) is 17.0. The molecule has 0 aliphatic carbocycles. The van der Waals surface area contributed by atoms with Crippen molar-refractivity contribution in [2.45, 2.75) is 18.4 Å².